The Morgan fingerprint density at radius 3 is 2.36 bits per heavy atom. The van der Waals surface area contributed by atoms with Gasteiger partial charge < -0.3 is 0 Å². The van der Waals surface area contributed by atoms with Crippen LogP contribution in [-0.2, 0) is 14.6 Å². The van der Waals surface area contributed by atoms with Crippen LogP contribution < -0.4 is 0 Å². The predicted octanol–water partition coefficient (Wildman–Crippen LogP) is -0.162. The van der Waals surface area contributed by atoms with Crippen molar-refractivity contribution in [2.24, 2.45) is 0 Å². The first-order valence-electron chi connectivity index (χ1n) is 5.03. The van der Waals surface area contributed by atoms with Crippen LogP contribution in [0.25, 0.3) is 0 Å². The number of Topliss-reactive ketones (excluding diaryl/α,β-unsaturated/α-hetero) is 1. The molecule has 1 saturated carbocycles. The van der Waals surface area contributed by atoms with Gasteiger partial charge in [0, 0.05) is 32.0 Å². The molecule has 1 atom stereocenters. The van der Waals surface area contributed by atoms with E-state index in [9.17, 15) is 13.2 Å². The molecule has 80 valence electrons. The molecule has 2 rings (SSSR count). The molecule has 1 aliphatic carbocycles. The Bertz CT molecular complexity index is 322. The third-order valence-electron chi connectivity index (χ3n) is 3.12. The molecule has 0 spiro atoms. The van der Waals surface area contributed by atoms with Crippen molar-refractivity contribution in [1.29, 1.82) is 0 Å². The maximum absolute atomic E-state index is 11.2. The zero-order valence-corrected chi connectivity index (χ0v) is 8.92. The molecule has 1 aliphatic heterocycles. The van der Waals surface area contributed by atoms with Gasteiger partial charge in [-0.3, -0.25) is 9.69 Å². The van der Waals surface area contributed by atoms with Crippen molar-refractivity contribution in [2.75, 3.05) is 24.6 Å². The van der Waals surface area contributed by atoms with Crippen LogP contribution in [0.1, 0.15) is 19.3 Å². The zero-order valence-electron chi connectivity index (χ0n) is 8.11. The molecule has 1 unspecified atom stereocenters. The van der Waals surface area contributed by atoms with Crippen LogP contribution >= 0.6 is 0 Å². The van der Waals surface area contributed by atoms with Crippen molar-refractivity contribution >= 4 is 15.6 Å². The van der Waals surface area contributed by atoms with E-state index in [0.717, 1.165) is 6.42 Å². The lowest BCUT2D eigenvalue weighted by atomic mass is 10.2. The molecule has 0 aromatic rings. The summed E-state index contributed by atoms with van der Waals surface area (Å²) < 4.78 is 22.4. The van der Waals surface area contributed by atoms with E-state index in [1.165, 1.54) is 0 Å². The molecule has 0 bridgehead atoms. The normalized spacial score (nSPS) is 33.4. The van der Waals surface area contributed by atoms with Gasteiger partial charge in [-0.05, 0) is 6.42 Å². The van der Waals surface area contributed by atoms with Gasteiger partial charge in [-0.15, -0.1) is 0 Å². The first-order valence-corrected chi connectivity index (χ1v) is 6.85. The summed E-state index contributed by atoms with van der Waals surface area (Å²) in [5.74, 6) is 0.846. The highest BCUT2D eigenvalue weighted by atomic mass is 32.2. The van der Waals surface area contributed by atoms with E-state index >= 15 is 0 Å². The minimum atomic E-state index is -2.79. The average molecular weight is 217 g/mol. The Balaban J connectivity index is 1.92. The van der Waals surface area contributed by atoms with Gasteiger partial charge >= 0.3 is 0 Å². The van der Waals surface area contributed by atoms with Gasteiger partial charge in [0.05, 0.1) is 11.5 Å². The molecule has 0 aromatic heterocycles. The summed E-state index contributed by atoms with van der Waals surface area (Å²) >= 11 is 0. The van der Waals surface area contributed by atoms with Gasteiger partial charge in [0.2, 0.25) is 0 Å². The maximum Gasteiger partial charge on any atom is 0.152 e. The predicted molar refractivity (Wildman–Crippen MR) is 52.9 cm³/mol. The van der Waals surface area contributed by atoms with Crippen LogP contribution in [0.4, 0.5) is 0 Å². The van der Waals surface area contributed by atoms with Gasteiger partial charge in [0.25, 0.3) is 0 Å². The minimum absolute atomic E-state index is 0.262. The third-order valence-corrected chi connectivity index (χ3v) is 4.72. The van der Waals surface area contributed by atoms with E-state index in [0.29, 0.717) is 37.8 Å². The van der Waals surface area contributed by atoms with E-state index in [1.807, 2.05) is 0 Å². The maximum atomic E-state index is 11.2. The van der Waals surface area contributed by atoms with Crippen molar-refractivity contribution in [3.63, 3.8) is 0 Å². The van der Waals surface area contributed by atoms with Crippen LogP contribution in [0.3, 0.4) is 0 Å². The van der Waals surface area contributed by atoms with Gasteiger partial charge in [-0.1, -0.05) is 0 Å². The highest BCUT2D eigenvalue weighted by Crippen LogP contribution is 2.22. The number of hydrogen-bond acceptors (Lipinski definition) is 4. The second-order valence-corrected chi connectivity index (χ2v) is 6.43. The number of carbonyl (C=O) groups is 1. The Hall–Kier alpha value is -0.420. The number of nitrogens with zero attached hydrogens (tertiary/aromatic N) is 1. The monoisotopic (exact) mass is 217 g/mol. The Morgan fingerprint density at radius 1 is 1.21 bits per heavy atom. The summed E-state index contributed by atoms with van der Waals surface area (Å²) in [6.45, 7) is 1.22. The molecular weight excluding hydrogens is 202 g/mol. The minimum Gasteiger partial charge on any atom is -0.300 e. The van der Waals surface area contributed by atoms with Gasteiger partial charge in [-0.2, -0.15) is 0 Å². The van der Waals surface area contributed by atoms with Crippen molar-refractivity contribution in [2.45, 2.75) is 25.3 Å². The SMILES string of the molecule is O=C1CCC(N2CCS(=O)(=O)CC2)C1. The second kappa shape index (κ2) is 3.62. The molecule has 0 amide bonds. The highest BCUT2D eigenvalue weighted by Gasteiger charge is 2.31. The first-order chi connectivity index (χ1) is 6.57. The largest absolute Gasteiger partial charge is 0.300 e. The van der Waals surface area contributed by atoms with Crippen LogP contribution in [0.15, 0.2) is 0 Å². The molecule has 0 aromatic carbocycles. The number of ketones is 1. The fourth-order valence-electron chi connectivity index (χ4n) is 2.20. The Morgan fingerprint density at radius 2 is 1.86 bits per heavy atom. The molecule has 14 heavy (non-hydrogen) atoms. The lowest BCUT2D eigenvalue weighted by Crippen LogP contribution is -2.45. The van der Waals surface area contributed by atoms with Crippen molar-refractivity contribution in [3.8, 4) is 0 Å². The molecule has 2 fully saturated rings. The van der Waals surface area contributed by atoms with Crippen molar-refractivity contribution < 1.29 is 13.2 Å². The van der Waals surface area contributed by atoms with Crippen LogP contribution in [0, 0.1) is 0 Å². The molecule has 1 saturated heterocycles. The molecule has 0 N–H and O–H groups in total. The standard InChI is InChI=1S/C9H15NO3S/c11-9-2-1-8(7-9)10-3-5-14(12,13)6-4-10/h8H,1-7H2. The van der Waals surface area contributed by atoms with Crippen LogP contribution in [0.5, 0.6) is 0 Å². The number of sulfone groups is 1. The summed E-state index contributed by atoms with van der Waals surface area (Å²) in [6, 6.07) is 0.318. The summed E-state index contributed by atoms with van der Waals surface area (Å²) in [5.41, 5.74) is 0. The molecule has 5 heteroatoms. The summed E-state index contributed by atoms with van der Waals surface area (Å²) in [7, 11) is -2.79. The smallest absolute Gasteiger partial charge is 0.152 e. The van der Waals surface area contributed by atoms with E-state index in [4.69, 9.17) is 0 Å². The Kier molecular flexibility index (Phi) is 2.62. The summed E-state index contributed by atoms with van der Waals surface area (Å²) in [5, 5.41) is 0. The van der Waals surface area contributed by atoms with Gasteiger partial charge in [0.1, 0.15) is 5.78 Å². The zero-order chi connectivity index (χ0) is 10.2. The lowest BCUT2D eigenvalue weighted by Gasteiger charge is -2.31. The quantitative estimate of drug-likeness (QED) is 0.612. The lowest BCUT2D eigenvalue weighted by molar-refractivity contribution is -0.117. The molecule has 4 nitrogen and oxygen atoms in total. The average Bonchev–Trinajstić information content (AvgIpc) is 2.52. The van der Waals surface area contributed by atoms with E-state index in [-0.39, 0.29) is 11.5 Å². The first kappa shape index (κ1) is 10.1. The third kappa shape index (κ3) is 2.15. The number of rotatable bonds is 1. The molecule has 1 heterocycles. The summed E-state index contributed by atoms with van der Waals surface area (Å²) in [6.07, 6.45) is 2.22. The van der Waals surface area contributed by atoms with E-state index in [1.54, 1.807) is 0 Å². The van der Waals surface area contributed by atoms with Crippen molar-refractivity contribution in [1.82, 2.24) is 4.90 Å². The molecule has 0 radical (unpaired) electrons. The van der Waals surface area contributed by atoms with Gasteiger partial charge in [0.15, 0.2) is 9.84 Å². The fourth-order valence-corrected chi connectivity index (χ4v) is 3.43. The number of hydrogen-bond donors (Lipinski definition) is 0. The second-order valence-electron chi connectivity index (χ2n) is 4.12. The molecule has 2 aliphatic rings. The van der Waals surface area contributed by atoms with Gasteiger partial charge in [-0.25, -0.2) is 8.42 Å². The fraction of sp³-hybridized carbons (Fsp3) is 0.889. The van der Waals surface area contributed by atoms with Crippen LogP contribution in [0.2, 0.25) is 0 Å². The topological polar surface area (TPSA) is 54.5 Å². The van der Waals surface area contributed by atoms with E-state index < -0.39 is 9.84 Å². The van der Waals surface area contributed by atoms with Crippen LogP contribution in [-0.4, -0.2) is 49.7 Å². The molecular formula is C9H15NO3S. The highest BCUT2D eigenvalue weighted by molar-refractivity contribution is 7.91. The Labute approximate surface area is 84.2 Å². The van der Waals surface area contributed by atoms with E-state index in [2.05, 4.69) is 4.90 Å². The summed E-state index contributed by atoms with van der Waals surface area (Å²) in [4.78, 5) is 13.2. The van der Waals surface area contributed by atoms with Crippen molar-refractivity contribution in [3.05, 3.63) is 0 Å². The number of carbonyl (C=O) groups excluding carboxylic acids is 1.